The molecule has 4 rings (SSSR count). The van der Waals surface area contributed by atoms with Crippen molar-refractivity contribution in [1.29, 1.82) is 0 Å². The van der Waals surface area contributed by atoms with Crippen LogP contribution in [0.5, 0.6) is 0 Å². The second kappa shape index (κ2) is 9.98. The third-order valence-corrected chi connectivity index (χ3v) is 7.07. The van der Waals surface area contributed by atoms with Crippen molar-refractivity contribution in [2.75, 3.05) is 0 Å². The molecule has 0 aliphatic rings. The summed E-state index contributed by atoms with van der Waals surface area (Å²) in [6.07, 6.45) is 3.53. The van der Waals surface area contributed by atoms with Gasteiger partial charge in [-0.2, -0.15) is 11.3 Å². The van der Waals surface area contributed by atoms with E-state index >= 15 is 0 Å². The van der Waals surface area contributed by atoms with E-state index in [9.17, 15) is 4.79 Å². The molecule has 0 saturated heterocycles. The fraction of sp³-hybridized carbons (Fsp3) is 0.200. The standard InChI is InChI=1S/C25H24N2O2S2/c1-18-5-3-6-19(2)24(18)31-17-22-8-9-23(29-22)25(28)27(15-21-10-12-30-16-21)14-20-7-4-11-26-13-20/h3-13,16H,14-15,17H2,1-2H3. The summed E-state index contributed by atoms with van der Waals surface area (Å²) in [4.78, 5) is 20.5. The van der Waals surface area contributed by atoms with Crippen LogP contribution in [0.15, 0.2) is 81.0 Å². The number of pyridine rings is 1. The van der Waals surface area contributed by atoms with Crippen molar-refractivity contribution in [2.45, 2.75) is 37.6 Å². The molecule has 158 valence electrons. The zero-order chi connectivity index (χ0) is 21.6. The number of aryl methyl sites for hydroxylation is 2. The van der Waals surface area contributed by atoms with Crippen LogP contribution in [-0.2, 0) is 18.8 Å². The molecule has 0 unspecified atom stereocenters. The lowest BCUT2D eigenvalue weighted by atomic mass is 10.2. The van der Waals surface area contributed by atoms with Gasteiger partial charge in [0.1, 0.15) is 5.76 Å². The molecule has 1 aromatic carbocycles. The number of thiophene rings is 1. The largest absolute Gasteiger partial charge is 0.455 e. The molecule has 4 nitrogen and oxygen atoms in total. The summed E-state index contributed by atoms with van der Waals surface area (Å²) < 4.78 is 5.96. The molecule has 3 heterocycles. The van der Waals surface area contributed by atoms with E-state index < -0.39 is 0 Å². The van der Waals surface area contributed by atoms with E-state index in [0.29, 0.717) is 24.6 Å². The number of aromatic nitrogens is 1. The van der Waals surface area contributed by atoms with Gasteiger partial charge in [0.25, 0.3) is 5.91 Å². The van der Waals surface area contributed by atoms with Crippen molar-refractivity contribution in [2.24, 2.45) is 0 Å². The van der Waals surface area contributed by atoms with E-state index in [-0.39, 0.29) is 5.91 Å². The highest BCUT2D eigenvalue weighted by Gasteiger charge is 2.21. The van der Waals surface area contributed by atoms with Crippen LogP contribution >= 0.6 is 23.1 Å². The minimum absolute atomic E-state index is 0.113. The number of furan rings is 1. The molecule has 0 atom stereocenters. The van der Waals surface area contributed by atoms with Gasteiger partial charge in [-0.15, -0.1) is 11.8 Å². The third kappa shape index (κ3) is 5.46. The number of carbonyl (C=O) groups is 1. The number of carbonyl (C=O) groups excluding carboxylic acids is 1. The van der Waals surface area contributed by atoms with Crippen LogP contribution in [0.25, 0.3) is 0 Å². The molecule has 0 radical (unpaired) electrons. The smallest absolute Gasteiger partial charge is 0.290 e. The van der Waals surface area contributed by atoms with Gasteiger partial charge in [0.05, 0.1) is 5.75 Å². The highest BCUT2D eigenvalue weighted by molar-refractivity contribution is 7.98. The number of hydrogen-bond donors (Lipinski definition) is 0. The fourth-order valence-electron chi connectivity index (χ4n) is 3.41. The van der Waals surface area contributed by atoms with Gasteiger partial charge in [-0.25, -0.2) is 0 Å². The molecule has 4 aromatic rings. The molecule has 1 amide bonds. The summed E-state index contributed by atoms with van der Waals surface area (Å²) in [5, 5.41) is 4.09. The second-order valence-electron chi connectivity index (χ2n) is 7.43. The monoisotopic (exact) mass is 448 g/mol. The molecule has 6 heteroatoms. The number of nitrogens with zero attached hydrogens (tertiary/aromatic N) is 2. The van der Waals surface area contributed by atoms with E-state index in [0.717, 1.165) is 16.9 Å². The zero-order valence-corrected chi connectivity index (χ0v) is 19.2. The van der Waals surface area contributed by atoms with Gasteiger partial charge in [0, 0.05) is 30.4 Å². The molecule has 0 aliphatic heterocycles. The van der Waals surface area contributed by atoms with Gasteiger partial charge < -0.3 is 9.32 Å². The molecular formula is C25H24N2O2S2. The van der Waals surface area contributed by atoms with Crippen molar-refractivity contribution in [1.82, 2.24) is 9.88 Å². The van der Waals surface area contributed by atoms with E-state index in [2.05, 4.69) is 42.4 Å². The molecule has 0 N–H and O–H groups in total. The lowest BCUT2D eigenvalue weighted by Gasteiger charge is -2.21. The molecule has 31 heavy (non-hydrogen) atoms. The fourth-order valence-corrected chi connectivity index (χ4v) is 5.10. The Morgan fingerprint density at radius 1 is 1.03 bits per heavy atom. The molecule has 0 fully saturated rings. The third-order valence-electron chi connectivity index (χ3n) is 4.98. The molecular weight excluding hydrogens is 424 g/mol. The Hall–Kier alpha value is -2.83. The molecule has 0 spiro atoms. The van der Waals surface area contributed by atoms with Crippen LogP contribution in [0.1, 0.15) is 38.6 Å². The van der Waals surface area contributed by atoms with E-state index in [1.165, 1.54) is 16.0 Å². The first-order valence-electron chi connectivity index (χ1n) is 10.1. The number of benzene rings is 1. The van der Waals surface area contributed by atoms with Crippen LogP contribution in [0.2, 0.25) is 0 Å². The first kappa shape index (κ1) is 21.4. The Morgan fingerprint density at radius 2 is 1.84 bits per heavy atom. The van der Waals surface area contributed by atoms with Gasteiger partial charge in [-0.05, 0) is 71.1 Å². The van der Waals surface area contributed by atoms with Gasteiger partial charge >= 0.3 is 0 Å². The van der Waals surface area contributed by atoms with Crippen molar-refractivity contribution in [3.05, 3.63) is 105 Å². The predicted molar refractivity (Wildman–Crippen MR) is 126 cm³/mol. The Morgan fingerprint density at radius 3 is 2.55 bits per heavy atom. The minimum Gasteiger partial charge on any atom is -0.455 e. The van der Waals surface area contributed by atoms with E-state index in [1.807, 2.05) is 29.6 Å². The average molecular weight is 449 g/mol. The first-order chi connectivity index (χ1) is 15.1. The maximum Gasteiger partial charge on any atom is 0.290 e. The maximum atomic E-state index is 13.3. The molecule has 0 saturated carbocycles. The Balaban J connectivity index is 1.48. The van der Waals surface area contributed by atoms with Crippen LogP contribution in [0, 0.1) is 13.8 Å². The highest BCUT2D eigenvalue weighted by Crippen LogP contribution is 2.30. The number of thioether (sulfide) groups is 1. The van der Waals surface area contributed by atoms with Gasteiger partial charge in [-0.1, -0.05) is 24.3 Å². The lowest BCUT2D eigenvalue weighted by Crippen LogP contribution is -2.29. The quantitative estimate of drug-likeness (QED) is 0.289. The lowest BCUT2D eigenvalue weighted by molar-refractivity contribution is 0.0696. The van der Waals surface area contributed by atoms with Crippen molar-refractivity contribution >= 4 is 29.0 Å². The molecule has 0 bridgehead atoms. The normalized spacial score (nSPS) is 10.9. The van der Waals surface area contributed by atoms with E-state index in [1.54, 1.807) is 46.5 Å². The predicted octanol–water partition coefficient (Wildman–Crippen LogP) is 6.49. The van der Waals surface area contributed by atoms with Crippen molar-refractivity contribution < 1.29 is 9.21 Å². The number of rotatable bonds is 8. The summed E-state index contributed by atoms with van der Waals surface area (Å²) in [5.74, 6) is 1.74. The summed E-state index contributed by atoms with van der Waals surface area (Å²) in [5.41, 5.74) is 4.61. The summed E-state index contributed by atoms with van der Waals surface area (Å²) in [6.45, 7) is 5.25. The minimum atomic E-state index is -0.113. The van der Waals surface area contributed by atoms with Gasteiger partial charge in [0.15, 0.2) is 5.76 Å². The van der Waals surface area contributed by atoms with Crippen LogP contribution in [0.4, 0.5) is 0 Å². The first-order valence-corrected chi connectivity index (χ1v) is 12.0. The maximum absolute atomic E-state index is 13.3. The summed E-state index contributed by atoms with van der Waals surface area (Å²) >= 11 is 3.37. The second-order valence-corrected chi connectivity index (χ2v) is 9.20. The van der Waals surface area contributed by atoms with Crippen molar-refractivity contribution in [3.8, 4) is 0 Å². The average Bonchev–Trinajstić information content (AvgIpc) is 3.45. The van der Waals surface area contributed by atoms with Gasteiger partial charge in [-0.3, -0.25) is 9.78 Å². The zero-order valence-electron chi connectivity index (χ0n) is 17.6. The van der Waals surface area contributed by atoms with Crippen LogP contribution < -0.4 is 0 Å². The SMILES string of the molecule is Cc1cccc(C)c1SCc1ccc(C(=O)N(Cc2cccnc2)Cc2ccsc2)o1. The Bertz CT molecular complexity index is 1120. The topological polar surface area (TPSA) is 46.3 Å². The number of amides is 1. The molecule has 0 aliphatic carbocycles. The van der Waals surface area contributed by atoms with Gasteiger partial charge in [0.2, 0.25) is 0 Å². The Kier molecular flexibility index (Phi) is 6.89. The van der Waals surface area contributed by atoms with Crippen LogP contribution in [0.3, 0.4) is 0 Å². The number of hydrogen-bond acceptors (Lipinski definition) is 5. The summed E-state index contributed by atoms with van der Waals surface area (Å²) in [7, 11) is 0. The molecule has 3 aromatic heterocycles. The van der Waals surface area contributed by atoms with E-state index in [4.69, 9.17) is 4.42 Å². The van der Waals surface area contributed by atoms with Crippen LogP contribution in [-0.4, -0.2) is 15.8 Å². The van der Waals surface area contributed by atoms with Crippen molar-refractivity contribution in [3.63, 3.8) is 0 Å². The highest BCUT2D eigenvalue weighted by atomic mass is 32.2. The Labute approximate surface area is 190 Å². The summed E-state index contributed by atoms with van der Waals surface area (Å²) in [6, 6.07) is 15.9.